The molecule has 0 saturated carbocycles. The number of imidazole rings is 1. The first-order chi connectivity index (χ1) is 10.3. The fourth-order valence-corrected chi connectivity index (χ4v) is 3.97. The van der Waals surface area contributed by atoms with Crippen molar-refractivity contribution in [1.29, 1.82) is 0 Å². The zero-order chi connectivity index (χ0) is 14.2. The molecule has 1 aliphatic rings. The molecule has 1 fully saturated rings. The second-order valence-electron chi connectivity index (χ2n) is 5.67. The third kappa shape index (κ3) is 2.38. The number of benzene rings is 1. The molecular formula is C15H19N5S. The summed E-state index contributed by atoms with van der Waals surface area (Å²) >= 11 is 1.52. The highest BCUT2D eigenvalue weighted by molar-refractivity contribution is 7.22. The van der Waals surface area contributed by atoms with Crippen LogP contribution in [0.1, 0.15) is 19.3 Å². The highest BCUT2D eigenvalue weighted by Gasteiger charge is 2.13. The summed E-state index contributed by atoms with van der Waals surface area (Å²) in [5, 5.41) is 0.611. The molecule has 0 radical (unpaired) electrons. The molecule has 110 valence electrons. The van der Waals surface area contributed by atoms with Crippen LogP contribution in [0.15, 0.2) is 18.5 Å². The van der Waals surface area contributed by atoms with Gasteiger partial charge in [-0.3, -0.25) is 0 Å². The van der Waals surface area contributed by atoms with E-state index in [-0.39, 0.29) is 0 Å². The quantitative estimate of drug-likeness (QED) is 0.808. The molecule has 4 rings (SSSR count). The van der Waals surface area contributed by atoms with E-state index in [1.165, 1.54) is 49.2 Å². The van der Waals surface area contributed by atoms with E-state index < -0.39 is 0 Å². The number of piperidine rings is 1. The van der Waals surface area contributed by atoms with Gasteiger partial charge in [-0.1, -0.05) is 17.8 Å². The molecule has 1 aromatic carbocycles. The zero-order valence-corrected chi connectivity index (χ0v) is 12.8. The Balaban J connectivity index is 1.61. The number of hydrogen-bond donors (Lipinski definition) is 1. The van der Waals surface area contributed by atoms with Crippen molar-refractivity contribution in [3.63, 3.8) is 0 Å². The molecule has 0 bridgehead atoms. The number of anilines is 1. The molecule has 1 saturated heterocycles. The Morgan fingerprint density at radius 1 is 1.14 bits per heavy atom. The van der Waals surface area contributed by atoms with Crippen molar-refractivity contribution in [3.8, 4) is 0 Å². The van der Waals surface area contributed by atoms with Gasteiger partial charge in [0, 0.05) is 13.1 Å². The van der Waals surface area contributed by atoms with E-state index in [0.717, 1.165) is 28.8 Å². The van der Waals surface area contributed by atoms with Crippen LogP contribution in [0.5, 0.6) is 0 Å². The van der Waals surface area contributed by atoms with Crippen molar-refractivity contribution >= 4 is 37.7 Å². The standard InChI is InChI=1S/C15H19N5S/c16-15-18-11-4-5-12-13(14(11)21-15)17-10-20(12)9-8-19-6-2-1-3-7-19/h4-5,10H,1-3,6-9H2,(H2,16,18). The molecule has 0 spiro atoms. The first-order valence-corrected chi connectivity index (χ1v) is 8.35. The molecule has 5 nitrogen and oxygen atoms in total. The van der Waals surface area contributed by atoms with Crippen LogP contribution in [0.2, 0.25) is 0 Å². The van der Waals surface area contributed by atoms with Crippen molar-refractivity contribution in [3.05, 3.63) is 18.5 Å². The van der Waals surface area contributed by atoms with E-state index in [9.17, 15) is 0 Å². The largest absolute Gasteiger partial charge is 0.375 e. The van der Waals surface area contributed by atoms with Crippen molar-refractivity contribution in [2.45, 2.75) is 25.8 Å². The Hall–Kier alpha value is -1.66. The Bertz CT molecular complexity index is 769. The first kappa shape index (κ1) is 13.0. The van der Waals surface area contributed by atoms with Gasteiger partial charge in [-0.25, -0.2) is 9.97 Å². The van der Waals surface area contributed by atoms with Crippen LogP contribution in [-0.4, -0.2) is 39.1 Å². The summed E-state index contributed by atoms with van der Waals surface area (Å²) in [6.45, 7) is 4.58. The Morgan fingerprint density at radius 2 is 2.00 bits per heavy atom. The summed E-state index contributed by atoms with van der Waals surface area (Å²) < 4.78 is 3.35. The highest BCUT2D eigenvalue weighted by atomic mass is 32.1. The normalized spacial score (nSPS) is 17.0. The maximum atomic E-state index is 5.81. The van der Waals surface area contributed by atoms with Crippen LogP contribution in [-0.2, 0) is 6.54 Å². The second-order valence-corrected chi connectivity index (χ2v) is 6.70. The lowest BCUT2D eigenvalue weighted by atomic mass is 10.1. The van der Waals surface area contributed by atoms with Crippen molar-refractivity contribution < 1.29 is 0 Å². The minimum absolute atomic E-state index is 0.611. The van der Waals surface area contributed by atoms with Crippen molar-refractivity contribution in [1.82, 2.24) is 19.4 Å². The van der Waals surface area contributed by atoms with Gasteiger partial charge in [0.2, 0.25) is 0 Å². The van der Waals surface area contributed by atoms with Crippen LogP contribution in [0, 0.1) is 0 Å². The number of aromatic nitrogens is 3. The summed E-state index contributed by atoms with van der Waals surface area (Å²) in [5.74, 6) is 0. The Kier molecular flexibility index (Phi) is 3.27. The van der Waals surface area contributed by atoms with Gasteiger partial charge in [-0.05, 0) is 38.1 Å². The van der Waals surface area contributed by atoms with Crippen LogP contribution in [0.4, 0.5) is 5.13 Å². The topological polar surface area (TPSA) is 60.0 Å². The summed E-state index contributed by atoms with van der Waals surface area (Å²) in [4.78, 5) is 11.5. The molecule has 2 aromatic heterocycles. The van der Waals surface area contributed by atoms with E-state index in [2.05, 4.69) is 25.5 Å². The first-order valence-electron chi connectivity index (χ1n) is 7.53. The van der Waals surface area contributed by atoms with Crippen LogP contribution in [0.3, 0.4) is 0 Å². The lowest BCUT2D eigenvalue weighted by Gasteiger charge is -2.26. The maximum absolute atomic E-state index is 5.81. The molecular weight excluding hydrogens is 282 g/mol. The predicted octanol–water partition coefficient (Wildman–Crippen LogP) is 2.71. The summed E-state index contributed by atoms with van der Waals surface area (Å²) in [6.07, 6.45) is 6.01. The third-order valence-corrected chi connectivity index (χ3v) is 5.18. The Labute approximate surface area is 127 Å². The minimum Gasteiger partial charge on any atom is -0.375 e. The number of rotatable bonds is 3. The van der Waals surface area contributed by atoms with E-state index >= 15 is 0 Å². The molecule has 2 N–H and O–H groups in total. The summed E-state index contributed by atoms with van der Waals surface area (Å²) in [7, 11) is 0. The Morgan fingerprint density at radius 3 is 2.86 bits per heavy atom. The van der Waals surface area contributed by atoms with Gasteiger partial charge in [0.25, 0.3) is 0 Å². The molecule has 3 heterocycles. The van der Waals surface area contributed by atoms with Gasteiger partial charge >= 0.3 is 0 Å². The molecule has 21 heavy (non-hydrogen) atoms. The van der Waals surface area contributed by atoms with Gasteiger partial charge in [0.15, 0.2) is 5.13 Å². The average molecular weight is 301 g/mol. The van der Waals surface area contributed by atoms with Crippen molar-refractivity contribution in [2.24, 2.45) is 0 Å². The fraction of sp³-hybridized carbons (Fsp3) is 0.467. The number of nitrogen functional groups attached to an aromatic ring is 1. The van der Waals surface area contributed by atoms with Crippen LogP contribution in [0.25, 0.3) is 21.3 Å². The molecule has 0 atom stereocenters. The molecule has 0 unspecified atom stereocenters. The number of hydrogen-bond acceptors (Lipinski definition) is 5. The van der Waals surface area contributed by atoms with E-state index in [1.807, 2.05) is 12.4 Å². The molecule has 6 heteroatoms. The van der Waals surface area contributed by atoms with Gasteiger partial charge in [-0.15, -0.1) is 0 Å². The number of fused-ring (bicyclic) bond motifs is 3. The third-order valence-electron chi connectivity index (χ3n) is 4.27. The van der Waals surface area contributed by atoms with Crippen molar-refractivity contribution in [2.75, 3.05) is 25.4 Å². The lowest BCUT2D eigenvalue weighted by Crippen LogP contribution is -2.32. The second kappa shape index (κ2) is 5.27. The summed E-state index contributed by atoms with van der Waals surface area (Å²) in [5.41, 5.74) is 8.97. The summed E-state index contributed by atoms with van der Waals surface area (Å²) in [6, 6.07) is 4.16. The van der Waals surface area contributed by atoms with Gasteiger partial charge in [0.1, 0.15) is 5.52 Å². The van der Waals surface area contributed by atoms with E-state index in [0.29, 0.717) is 5.13 Å². The zero-order valence-electron chi connectivity index (χ0n) is 12.0. The van der Waals surface area contributed by atoms with Crippen LogP contribution < -0.4 is 5.73 Å². The molecule has 1 aliphatic heterocycles. The maximum Gasteiger partial charge on any atom is 0.181 e. The van der Waals surface area contributed by atoms with Gasteiger partial charge in [-0.2, -0.15) is 0 Å². The smallest absolute Gasteiger partial charge is 0.181 e. The molecule has 0 amide bonds. The predicted molar refractivity (Wildman–Crippen MR) is 87.6 cm³/mol. The van der Waals surface area contributed by atoms with E-state index in [1.54, 1.807) is 0 Å². The number of thiazole rings is 1. The number of nitrogens with two attached hydrogens (primary N) is 1. The monoisotopic (exact) mass is 301 g/mol. The fourth-order valence-electron chi connectivity index (χ4n) is 3.14. The lowest BCUT2D eigenvalue weighted by molar-refractivity contribution is 0.221. The number of nitrogens with zero attached hydrogens (tertiary/aromatic N) is 4. The number of likely N-dealkylation sites (tertiary alicyclic amines) is 1. The average Bonchev–Trinajstić information content (AvgIpc) is 3.08. The van der Waals surface area contributed by atoms with E-state index in [4.69, 9.17) is 5.73 Å². The molecule has 0 aliphatic carbocycles. The van der Waals surface area contributed by atoms with Crippen LogP contribution >= 0.6 is 11.3 Å². The minimum atomic E-state index is 0.611. The highest BCUT2D eigenvalue weighted by Crippen LogP contribution is 2.30. The van der Waals surface area contributed by atoms with Gasteiger partial charge in [0.05, 0.1) is 22.1 Å². The molecule has 3 aromatic rings. The SMILES string of the molecule is Nc1nc2ccc3c(ncn3CCN3CCCCC3)c2s1. The van der Waals surface area contributed by atoms with Gasteiger partial charge < -0.3 is 15.2 Å².